The Kier molecular flexibility index (Phi) is 7.28. The van der Waals surface area contributed by atoms with Crippen molar-refractivity contribution < 1.29 is 32.3 Å². The van der Waals surface area contributed by atoms with E-state index < -0.39 is 17.6 Å². The van der Waals surface area contributed by atoms with Gasteiger partial charge in [0, 0.05) is 5.56 Å². The predicted molar refractivity (Wildman–Crippen MR) is 99.7 cm³/mol. The lowest BCUT2D eigenvalue weighted by atomic mass is 10.1. The highest BCUT2D eigenvalue weighted by atomic mass is 19.4. The van der Waals surface area contributed by atoms with Gasteiger partial charge in [-0.3, -0.25) is 4.79 Å². The van der Waals surface area contributed by atoms with Crippen molar-refractivity contribution in [1.29, 1.82) is 0 Å². The average molecular weight is 397 g/mol. The molecular formula is C20H24F3N2O3+. The zero-order chi connectivity index (χ0) is 20.7. The number of carbonyl (C=O) groups is 1. The van der Waals surface area contributed by atoms with Gasteiger partial charge in [0.25, 0.3) is 5.91 Å². The average Bonchev–Trinajstić information content (AvgIpc) is 2.62. The van der Waals surface area contributed by atoms with Gasteiger partial charge in [0.1, 0.15) is 6.54 Å². The Labute approximate surface area is 162 Å². The van der Waals surface area contributed by atoms with Gasteiger partial charge in [-0.25, -0.2) is 0 Å². The van der Waals surface area contributed by atoms with E-state index in [-0.39, 0.29) is 12.2 Å². The molecule has 8 heteroatoms. The number of benzene rings is 2. The van der Waals surface area contributed by atoms with Gasteiger partial charge in [-0.05, 0) is 37.3 Å². The van der Waals surface area contributed by atoms with E-state index in [4.69, 9.17) is 9.47 Å². The lowest BCUT2D eigenvalue weighted by molar-refractivity contribution is -0.885. The molecule has 2 aromatic carbocycles. The minimum Gasteiger partial charge on any atom is -0.493 e. The van der Waals surface area contributed by atoms with Gasteiger partial charge in [-0.2, -0.15) is 13.2 Å². The number of hydrogen-bond donors (Lipinski definition) is 2. The summed E-state index contributed by atoms with van der Waals surface area (Å²) >= 11 is 0. The second-order valence-electron chi connectivity index (χ2n) is 6.32. The fourth-order valence-corrected chi connectivity index (χ4v) is 2.82. The number of para-hydroxylation sites is 1. The number of nitrogens with one attached hydrogen (secondary N) is 2. The second kappa shape index (κ2) is 9.45. The molecule has 2 aromatic rings. The molecule has 152 valence electrons. The summed E-state index contributed by atoms with van der Waals surface area (Å²) in [5.74, 6) is 0.732. The Bertz CT molecular complexity index is 810. The maximum Gasteiger partial charge on any atom is 0.418 e. The molecule has 0 heterocycles. The van der Waals surface area contributed by atoms with Gasteiger partial charge < -0.3 is 19.7 Å². The van der Waals surface area contributed by atoms with Gasteiger partial charge >= 0.3 is 6.18 Å². The zero-order valence-corrected chi connectivity index (χ0v) is 16.0. The lowest BCUT2D eigenvalue weighted by Crippen LogP contribution is -3.08. The van der Waals surface area contributed by atoms with E-state index in [2.05, 4.69) is 5.32 Å². The largest absolute Gasteiger partial charge is 0.493 e. The fraction of sp³-hybridized carbons (Fsp3) is 0.350. The smallest absolute Gasteiger partial charge is 0.418 e. The van der Waals surface area contributed by atoms with Crippen molar-refractivity contribution in [2.75, 3.05) is 32.6 Å². The molecule has 0 saturated carbocycles. The summed E-state index contributed by atoms with van der Waals surface area (Å²) in [6, 6.07) is 10.4. The van der Waals surface area contributed by atoms with Gasteiger partial charge in [0.2, 0.25) is 0 Å². The summed E-state index contributed by atoms with van der Waals surface area (Å²) in [5, 5.41) is 2.36. The van der Waals surface area contributed by atoms with Gasteiger partial charge in [0.05, 0.1) is 32.0 Å². The van der Waals surface area contributed by atoms with Crippen LogP contribution >= 0.6 is 0 Å². The lowest BCUT2D eigenvalue weighted by Gasteiger charge is -2.17. The summed E-state index contributed by atoms with van der Waals surface area (Å²) in [5.41, 5.74) is -0.186. The maximum absolute atomic E-state index is 13.0. The molecule has 0 aliphatic heterocycles. The maximum atomic E-state index is 13.0. The molecule has 5 nitrogen and oxygen atoms in total. The molecule has 0 bridgehead atoms. The highest BCUT2D eigenvalue weighted by Gasteiger charge is 2.33. The zero-order valence-electron chi connectivity index (χ0n) is 16.0. The van der Waals surface area contributed by atoms with Crippen molar-refractivity contribution in [3.05, 3.63) is 53.6 Å². The third-order valence-electron chi connectivity index (χ3n) is 4.00. The number of ether oxygens (including phenoxy) is 2. The van der Waals surface area contributed by atoms with E-state index in [1.54, 1.807) is 20.2 Å². The fourth-order valence-electron chi connectivity index (χ4n) is 2.82. The number of amides is 1. The normalized spacial score (nSPS) is 12.4. The molecule has 2 rings (SSSR count). The molecule has 0 fully saturated rings. The van der Waals surface area contributed by atoms with Crippen molar-refractivity contribution in [3.8, 4) is 11.5 Å². The van der Waals surface area contributed by atoms with Crippen molar-refractivity contribution in [2.24, 2.45) is 0 Å². The Morgan fingerprint density at radius 3 is 2.50 bits per heavy atom. The molecule has 0 radical (unpaired) electrons. The Morgan fingerprint density at radius 1 is 1.14 bits per heavy atom. The van der Waals surface area contributed by atoms with E-state index in [0.29, 0.717) is 24.7 Å². The minimum atomic E-state index is -4.53. The topological polar surface area (TPSA) is 52.0 Å². The molecule has 0 aromatic heterocycles. The first-order chi connectivity index (χ1) is 13.2. The van der Waals surface area contributed by atoms with Crippen LogP contribution in [-0.4, -0.2) is 33.2 Å². The van der Waals surface area contributed by atoms with E-state index in [0.717, 1.165) is 16.5 Å². The summed E-state index contributed by atoms with van der Waals surface area (Å²) in [4.78, 5) is 13.0. The van der Waals surface area contributed by atoms with Crippen LogP contribution < -0.4 is 19.7 Å². The predicted octanol–water partition coefficient (Wildman–Crippen LogP) is 2.77. The number of halogens is 3. The minimum absolute atomic E-state index is 0.0156. The van der Waals surface area contributed by atoms with Crippen LogP contribution in [0.15, 0.2) is 42.5 Å². The van der Waals surface area contributed by atoms with Crippen LogP contribution in [0.4, 0.5) is 18.9 Å². The number of rotatable bonds is 8. The van der Waals surface area contributed by atoms with E-state index in [9.17, 15) is 18.0 Å². The summed E-state index contributed by atoms with van der Waals surface area (Å²) < 4.78 is 49.9. The first kappa shape index (κ1) is 21.6. The molecule has 0 saturated heterocycles. The highest BCUT2D eigenvalue weighted by Crippen LogP contribution is 2.34. The van der Waals surface area contributed by atoms with Crippen molar-refractivity contribution >= 4 is 11.6 Å². The molecule has 2 N–H and O–H groups in total. The number of anilines is 1. The highest BCUT2D eigenvalue weighted by molar-refractivity contribution is 5.92. The van der Waals surface area contributed by atoms with Crippen LogP contribution in [0.5, 0.6) is 11.5 Å². The van der Waals surface area contributed by atoms with Crippen LogP contribution in [0, 0.1) is 0 Å². The molecule has 1 amide bonds. The third-order valence-corrected chi connectivity index (χ3v) is 4.00. The van der Waals surface area contributed by atoms with Gasteiger partial charge in [-0.15, -0.1) is 0 Å². The van der Waals surface area contributed by atoms with Crippen LogP contribution in [0.1, 0.15) is 18.1 Å². The van der Waals surface area contributed by atoms with E-state index in [1.165, 1.54) is 18.2 Å². The summed E-state index contributed by atoms with van der Waals surface area (Å²) in [6.07, 6.45) is -4.53. The first-order valence-electron chi connectivity index (χ1n) is 8.81. The Hall–Kier alpha value is -2.74. The van der Waals surface area contributed by atoms with E-state index in [1.807, 2.05) is 19.1 Å². The Balaban J connectivity index is 2.00. The molecule has 28 heavy (non-hydrogen) atoms. The quantitative estimate of drug-likeness (QED) is 0.720. The number of alkyl halides is 3. The summed E-state index contributed by atoms with van der Waals surface area (Å²) in [7, 11) is 3.34. The molecule has 0 aliphatic rings. The molecule has 0 spiro atoms. The number of likely N-dealkylation sites (N-methyl/N-ethyl adjacent to an activating group) is 1. The van der Waals surface area contributed by atoms with Crippen LogP contribution in [0.3, 0.4) is 0 Å². The number of hydrogen-bond acceptors (Lipinski definition) is 3. The van der Waals surface area contributed by atoms with Crippen molar-refractivity contribution in [2.45, 2.75) is 19.6 Å². The van der Waals surface area contributed by atoms with Crippen LogP contribution in [0.2, 0.25) is 0 Å². The van der Waals surface area contributed by atoms with E-state index >= 15 is 0 Å². The van der Waals surface area contributed by atoms with Gasteiger partial charge in [-0.1, -0.05) is 12.1 Å². The molecule has 0 aliphatic carbocycles. The van der Waals surface area contributed by atoms with Crippen molar-refractivity contribution in [1.82, 2.24) is 0 Å². The number of methoxy groups -OCH3 is 1. The standard InChI is InChI=1S/C20H23F3N2O3/c1-4-28-17-10-9-14(11-18(17)27-3)12-25(2)13-19(26)24-16-8-6-5-7-15(16)20(21,22)23/h5-11H,4,12-13H2,1-3H3,(H,24,26)/p+1. The van der Waals surface area contributed by atoms with Gasteiger partial charge in [0.15, 0.2) is 18.0 Å². The van der Waals surface area contributed by atoms with Crippen LogP contribution in [-0.2, 0) is 17.5 Å². The number of carbonyl (C=O) groups excluding carboxylic acids is 1. The Morgan fingerprint density at radius 2 is 1.86 bits per heavy atom. The molecule has 1 unspecified atom stereocenters. The first-order valence-corrected chi connectivity index (χ1v) is 8.81. The monoisotopic (exact) mass is 397 g/mol. The van der Waals surface area contributed by atoms with Crippen molar-refractivity contribution in [3.63, 3.8) is 0 Å². The third kappa shape index (κ3) is 5.88. The molecular weight excluding hydrogens is 373 g/mol. The molecule has 1 atom stereocenters. The SMILES string of the molecule is CCOc1ccc(C[NH+](C)CC(=O)Nc2ccccc2C(F)(F)F)cc1OC. The number of quaternary nitrogens is 1. The summed E-state index contributed by atoms with van der Waals surface area (Å²) in [6.45, 7) is 2.90. The second-order valence-corrected chi connectivity index (χ2v) is 6.32. The van der Waals surface area contributed by atoms with Crippen LogP contribution in [0.25, 0.3) is 0 Å².